The van der Waals surface area contributed by atoms with Crippen molar-refractivity contribution in [1.29, 1.82) is 0 Å². The lowest BCUT2D eigenvalue weighted by Gasteiger charge is -2.35. The maximum Gasteiger partial charge on any atom is 0.346 e. The van der Waals surface area contributed by atoms with Crippen molar-refractivity contribution in [3.05, 3.63) is 34.9 Å². The molecule has 1 rings (SSSR count). The van der Waals surface area contributed by atoms with E-state index in [1.54, 1.807) is 55.4 Å². The average molecular weight is 620 g/mol. The van der Waals surface area contributed by atoms with E-state index >= 15 is 0 Å². The van der Waals surface area contributed by atoms with Crippen LogP contribution < -0.4 is 0 Å². The molecule has 1 aromatic rings. The van der Waals surface area contributed by atoms with Crippen molar-refractivity contribution in [3.8, 4) is 0 Å². The first kappa shape index (κ1) is 30.5. The zero-order valence-corrected chi connectivity index (χ0v) is 25.3. The van der Waals surface area contributed by atoms with E-state index in [4.69, 9.17) is 18.1 Å². The third-order valence-corrected chi connectivity index (χ3v) is 11.7. The molecule has 0 aliphatic rings. The molecule has 0 aromatic heterocycles. The van der Waals surface area contributed by atoms with Gasteiger partial charge >= 0.3 is 15.2 Å². The molecule has 0 fully saturated rings. The second-order valence-electron chi connectivity index (χ2n) is 8.81. The molecule has 1 aromatic carbocycles. The second kappa shape index (κ2) is 13.5. The van der Waals surface area contributed by atoms with Crippen molar-refractivity contribution >= 4 is 47.1 Å². The Morgan fingerprint density at radius 3 is 1.16 bits per heavy atom. The van der Waals surface area contributed by atoms with E-state index in [0.29, 0.717) is 10.7 Å². The van der Waals surface area contributed by atoms with Crippen molar-refractivity contribution < 1.29 is 27.2 Å². The minimum atomic E-state index is -3.92. The summed E-state index contributed by atoms with van der Waals surface area (Å²) in [7, 11) is -7.85. The zero-order chi connectivity index (χ0) is 24.7. The van der Waals surface area contributed by atoms with Crippen molar-refractivity contribution in [3.63, 3.8) is 0 Å². The van der Waals surface area contributed by atoms with Crippen molar-refractivity contribution in [2.75, 3.05) is 0 Å². The van der Waals surface area contributed by atoms with E-state index in [0.717, 1.165) is 16.7 Å². The van der Waals surface area contributed by atoms with Gasteiger partial charge in [-0.3, -0.25) is 9.13 Å². The largest absolute Gasteiger partial charge is 0.346 e. The van der Waals surface area contributed by atoms with Gasteiger partial charge in [0.2, 0.25) is 0 Å². The van der Waals surface area contributed by atoms with Gasteiger partial charge in [0, 0.05) is 10.7 Å². The molecule has 0 heterocycles. The highest BCUT2D eigenvalue weighted by atomic mass is 79.9. The molecule has 0 amide bonds. The summed E-state index contributed by atoms with van der Waals surface area (Å²) < 4.78 is 52.1. The van der Waals surface area contributed by atoms with Crippen LogP contribution in [0.15, 0.2) is 18.2 Å². The fourth-order valence-corrected chi connectivity index (χ4v) is 9.79. The Kier molecular flexibility index (Phi) is 12.9. The molecule has 0 N–H and O–H groups in total. The summed E-state index contributed by atoms with van der Waals surface area (Å²) in [5.41, 5.74) is 2.98. The van der Waals surface area contributed by atoms with Crippen LogP contribution in [0.5, 0.6) is 0 Å². The standard InChI is InChI=1S/C22H38Br2O6P2/c1-15(2)27-31(25,28-16(3)4)22(32(26,29-17(5)6)30-18(7)8)12-19-9-20(13-23)11-21(10-19)14-24/h9-11,15-18,22H,12-14H2,1-8H3. The maximum absolute atomic E-state index is 14.3. The van der Waals surface area contributed by atoms with Crippen LogP contribution in [0.3, 0.4) is 0 Å². The molecule has 0 saturated carbocycles. The topological polar surface area (TPSA) is 71.1 Å². The second-order valence-corrected chi connectivity index (χ2v) is 14.6. The molecule has 0 bridgehead atoms. The van der Waals surface area contributed by atoms with Crippen LogP contribution in [0, 0.1) is 0 Å². The minimum absolute atomic E-state index is 0.161. The van der Waals surface area contributed by atoms with E-state index in [1.165, 1.54) is 0 Å². The van der Waals surface area contributed by atoms with Gasteiger partial charge in [0.05, 0.1) is 24.4 Å². The Bertz CT molecular complexity index is 725. The molecule has 0 unspecified atom stereocenters. The number of alkyl halides is 2. The van der Waals surface area contributed by atoms with E-state index < -0.39 is 45.0 Å². The van der Waals surface area contributed by atoms with Gasteiger partial charge in [0.15, 0.2) is 5.40 Å². The first-order valence-corrected chi connectivity index (χ1v) is 16.4. The number of benzene rings is 1. The Morgan fingerprint density at radius 2 is 0.906 bits per heavy atom. The van der Waals surface area contributed by atoms with Crippen molar-refractivity contribution in [2.24, 2.45) is 0 Å². The van der Waals surface area contributed by atoms with Gasteiger partial charge in [-0.25, -0.2) is 0 Å². The van der Waals surface area contributed by atoms with Crippen LogP contribution >= 0.6 is 47.1 Å². The fourth-order valence-electron chi connectivity index (χ4n) is 3.23. The molecular weight excluding hydrogens is 582 g/mol. The number of hydrogen-bond donors (Lipinski definition) is 0. The van der Waals surface area contributed by atoms with Crippen molar-refractivity contribution in [1.82, 2.24) is 0 Å². The van der Waals surface area contributed by atoms with Gasteiger partial charge in [-0.15, -0.1) is 0 Å². The third-order valence-electron chi connectivity index (χ3n) is 4.00. The third kappa shape index (κ3) is 9.62. The Morgan fingerprint density at radius 1 is 0.625 bits per heavy atom. The molecule has 0 saturated heterocycles. The average Bonchev–Trinajstić information content (AvgIpc) is 2.62. The van der Waals surface area contributed by atoms with Crippen LogP contribution in [0.2, 0.25) is 0 Å². The molecule has 186 valence electrons. The highest BCUT2D eigenvalue weighted by Crippen LogP contribution is 2.72. The number of hydrogen-bond acceptors (Lipinski definition) is 6. The van der Waals surface area contributed by atoms with Gasteiger partial charge in [-0.2, -0.15) is 0 Å². The highest BCUT2D eigenvalue weighted by molar-refractivity contribution is 9.08. The number of rotatable bonds is 14. The van der Waals surface area contributed by atoms with Crippen LogP contribution in [0.1, 0.15) is 72.1 Å². The zero-order valence-electron chi connectivity index (χ0n) is 20.3. The minimum Gasteiger partial charge on any atom is -0.305 e. The van der Waals surface area contributed by atoms with Gasteiger partial charge in [0.25, 0.3) is 0 Å². The van der Waals surface area contributed by atoms with Gasteiger partial charge in [-0.1, -0.05) is 50.1 Å². The van der Waals surface area contributed by atoms with Crippen LogP contribution in [-0.4, -0.2) is 29.8 Å². The number of halogens is 2. The summed E-state index contributed by atoms with van der Waals surface area (Å²) in [6.45, 7) is 14.2. The lowest BCUT2D eigenvalue weighted by atomic mass is 10.1. The lowest BCUT2D eigenvalue weighted by molar-refractivity contribution is 0.122. The maximum atomic E-state index is 14.3. The summed E-state index contributed by atoms with van der Waals surface area (Å²) >= 11 is 7.02. The molecule has 0 aliphatic heterocycles. The Labute approximate surface area is 210 Å². The lowest BCUT2D eigenvalue weighted by Crippen LogP contribution is -2.25. The van der Waals surface area contributed by atoms with Crippen molar-refractivity contribution in [2.45, 2.75) is 102 Å². The molecular formula is C22H38Br2O6P2. The normalized spacial score (nSPS) is 13.3. The summed E-state index contributed by atoms with van der Waals surface area (Å²) in [4.78, 5) is 0. The summed E-state index contributed by atoms with van der Waals surface area (Å²) in [5.74, 6) is 0. The van der Waals surface area contributed by atoms with Crippen LogP contribution in [-0.2, 0) is 44.3 Å². The predicted octanol–water partition coefficient (Wildman–Crippen LogP) is 8.43. The first-order chi connectivity index (χ1) is 14.7. The van der Waals surface area contributed by atoms with Crippen LogP contribution in [0.4, 0.5) is 0 Å². The Hall–Kier alpha value is 0.480. The Balaban J connectivity index is 3.70. The predicted molar refractivity (Wildman–Crippen MR) is 139 cm³/mol. The van der Waals surface area contributed by atoms with Crippen LogP contribution in [0.25, 0.3) is 0 Å². The molecule has 0 aliphatic carbocycles. The quantitative estimate of drug-likeness (QED) is 0.154. The van der Waals surface area contributed by atoms with Gasteiger partial charge < -0.3 is 18.1 Å². The molecule has 0 atom stereocenters. The van der Waals surface area contributed by atoms with Gasteiger partial charge in [0.1, 0.15) is 0 Å². The summed E-state index contributed by atoms with van der Waals surface area (Å²) in [6.07, 6.45) is -1.45. The van der Waals surface area contributed by atoms with Gasteiger partial charge in [-0.05, 0) is 78.5 Å². The molecule has 6 nitrogen and oxygen atoms in total. The highest BCUT2D eigenvalue weighted by Gasteiger charge is 2.52. The summed E-state index contributed by atoms with van der Waals surface area (Å²) in [6, 6.07) is 6.07. The SMILES string of the molecule is CC(C)OP(=O)(OC(C)C)C(Cc1cc(CBr)cc(CBr)c1)P(=O)(OC(C)C)OC(C)C. The fraction of sp³-hybridized carbons (Fsp3) is 0.727. The summed E-state index contributed by atoms with van der Waals surface area (Å²) in [5, 5.41) is 0.214. The van der Waals surface area contributed by atoms with E-state index in [-0.39, 0.29) is 6.42 Å². The molecule has 32 heavy (non-hydrogen) atoms. The molecule has 0 radical (unpaired) electrons. The van der Waals surface area contributed by atoms with E-state index in [1.807, 2.05) is 12.1 Å². The molecule has 0 spiro atoms. The van der Waals surface area contributed by atoms with E-state index in [2.05, 4.69) is 37.9 Å². The monoisotopic (exact) mass is 618 g/mol. The molecule has 10 heteroatoms. The van der Waals surface area contributed by atoms with E-state index in [9.17, 15) is 9.13 Å². The first-order valence-electron chi connectivity index (χ1n) is 10.9. The smallest absolute Gasteiger partial charge is 0.305 e.